The van der Waals surface area contributed by atoms with E-state index in [4.69, 9.17) is 0 Å². The molecule has 0 unspecified atom stereocenters. The minimum absolute atomic E-state index is 0.0762. The summed E-state index contributed by atoms with van der Waals surface area (Å²) in [5, 5.41) is 2.92. The van der Waals surface area contributed by atoms with Crippen LogP contribution in [0.5, 0.6) is 0 Å². The van der Waals surface area contributed by atoms with Crippen LogP contribution in [0.25, 0.3) is 0 Å². The maximum absolute atomic E-state index is 11.7. The molecular formula is C16H22N2O2S. The molecule has 1 N–H and O–H groups in total. The molecule has 0 saturated carbocycles. The molecule has 0 aliphatic carbocycles. The quantitative estimate of drug-likeness (QED) is 0.788. The first-order valence-electron chi connectivity index (χ1n) is 7.44. The van der Waals surface area contributed by atoms with Crippen LogP contribution in [-0.2, 0) is 16.1 Å². The van der Waals surface area contributed by atoms with Gasteiger partial charge in [0.25, 0.3) is 0 Å². The van der Waals surface area contributed by atoms with E-state index in [1.165, 1.54) is 0 Å². The Morgan fingerprint density at radius 2 is 2.10 bits per heavy atom. The molecule has 0 radical (unpaired) electrons. The van der Waals surface area contributed by atoms with Gasteiger partial charge in [-0.15, -0.1) is 0 Å². The lowest BCUT2D eigenvalue weighted by Gasteiger charge is -2.16. The van der Waals surface area contributed by atoms with Gasteiger partial charge in [0.15, 0.2) is 0 Å². The predicted octanol–water partition coefficient (Wildman–Crippen LogP) is 2.57. The van der Waals surface area contributed by atoms with Gasteiger partial charge in [-0.3, -0.25) is 9.59 Å². The van der Waals surface area contributed by atoms with E-state index in [0.29, 0.717) is 18.7 Å². The summed E-state index contributed by atoms with van der Waals surface area (Å²) in [6.07, 6.45) is 2.67. The molecule has 114 valence electrons. The van der Waals surface area contributed by atoms with Crippen molar-refractivity contribution in [3.05, 3.63) is 29.8 Å². The zero-order chi connectivity index (χ0) is 15.1. The summed E-state index contributed by atoms with van der Waals surface area (Å²) in [7, 11) is 0. The maximum Gasteiger partial charge on any atom is 0.230 e. The van der Waals surface area contributed by atoms with Gasteiger partial charge in [-0.1, -0.05) is 19.1 Å². The number of hydrogen-bond acceptors (Lipinski definition) is 3. The van der Waals surface area contributed by atoms with Crippen LogP contribution in [0, 0.1) is 0 Å². The Bertz CT molecular complexity index is 488. The van der Waals surface area contributed by atoms with Crippen molar-refractivity contribution in [3.63, 3.8) is 0 Å². The minimum Gasteiger partial charge on any atom is -0.351 e. The van der Waals surface area contributed by atoms with Gasteiger partial charge in [0, 0.05) is 25.2 Å². The van der Waals surface area contributed by atoms with Crippen molar-refractivity contribution in [2.24, 2.45) is 0 Å². The highest BCUT2D eigenvalue weighted by molar-refractivity contribution is 7.99. The number of hydrogen-bond donors (Lipinski definition) is 1. The molecule has 0 atom stereocenters. The smallest absolute Gasteiger partial charge is 0.230 e. The van der Waals surface area contributed by atoms with Crippen LogP contribution in [0.1, 0.15) is 31.7 Å². The maximum atomic E-state index is 11.7. The number of carbonyl (C=O) groups is 2. The van der Waals surface area contributed by atoms with Crippen molar-refractivity contribution in [2.75, 3.05) is 23.0 Å². The molecular weight excluding hydrogens is 284 g/mol. The fourth-order valence-corrected chi connectivity index (χ4v) is 3.00. The van der Waals surface area contributed by atoms with Crippen molar-refractivity contribution in [2.45, 2.75) is 32.7 Å². The molecule has 1 saturated heterocycles. The number of benzene rings is 1. The van der Waals surface area contributed by atoms with Crippen molar-refractivity contribution in [1.29, 1.82) is 0 Å². The summed E-state index contributed by atoms with van der Waals surface area (Å²) in [5.41, 5.74) is 2.00. The molecule has 0 aromatic heterocycles. The first-order chi connectivity index (χ1) is 10.2. The van der Waals surface area contributed by atoms with Crippen molar-refractivity contribution in [1.82, 2.24) is 5.32 Å². The highest BCUT2D eigenvalue weighted by Crippen LogP contribution is 2.21. The summed E-state index contributed by atoms with van der Waals surface area (Å²) in [5.74, 6) is 1.82. The predicted molar refractivity (Wildman–Crippen MR) is 87.5 cm³/mol. The topological polar surface area (TPSA) is 49.4 Å². The molecule has 2 amide bonds. The van der Waals surface area contributed by atoms with E-state index in [-0.39, 0.29) is 11.8 Å². The highest BCUT2D eigenvalue weighted by atomic mass is 32.2. The Morgan fingerprint density at radius 1 is 1.33 bits per heavy atom. The van der Waals surface area contributed by atoms with Gasteiger partial charge < -0.3 is 10.2 Å². The monoisotopic (exact) mass is 306 g/mol. The molecule has 1 aliphatic rings. The number of amides is 2. The highest BCUT2D eigenvalue weighted by Gasteiger charge is 2.21. The van der Waals surface area contributed by atoms with E-state index in [9.17, 15) is 9.59 Å². The SMILES string of the molecule is CCCSCC(=O)NCc1ccc(N2CCCC2=O)cc1. The second-order valence-corrected chi connectivity index (χ2v) is 6.25. The van der Waals surface area contributed by atoms with E-state index in [0.717, 1.165) is 36.4 Å². The van der Waals surface area contributed by atoms with Crippen molar-refractivity contribution in [3.8, 4) is 0 Å². The average Bonchev–Trinajstić information content (AvgIpc) is 2.92. The van der Waals surface area contributed by atoms with Crippen LogP contribution in [-0.4, -0.2) is 29.9 Å². The van der Waals surface area contributed by atoms with Gasteiger partial charge in [0.1, 0.15) is 0 Å². The van der Waals surface area contributed by atoms with Gasteiger partial charge in [0.2, 0.25) is 11.8 Å². The van der Waals surface area contributed by atoms with Crippen LogP contribution in [0.3, 0.4) is 0 Å². The summed E-state index contributed by atoms with van der Waals surface area (Å²) in [6, 6.07) is 7.86. The van der Waals surface area contributed by atoms with Crippen LogP contribution in [0.4, 0.5) is 5.69 Å². The normalized spacial score (nSPS) is 14.5. The van der Waals surface area contributed by atoms with Gasteiger partial charge in [-0.2, -0.15) is 11.8 Å². The van der Waals surface area contributed by atoms with Crippen molar-refractivity contribution < 1.29 is 9.59 Å². The summed E-state index contributed by atoms with van der Waals surface area (Å²) in [6.45, 7) is 3.46. The van der Waals surface area contributed by atoms with Crippen molar-refractivity contribution >= 4 is 29.3 Å². The molecule has 4 nitrogen and oxygen atoms in total. The molecule has 0 bridgehead atoms. The van der Waals surface area contributed by atoms with Gasteiger partial charge in [0.05, 0.1) is 5.75 Å². The van der Waals surface area contributed by atoms with E-state index in [1.54, 1.807) is 11.8 Å². The summed E-state index contributed by atoms with van der Waals surface area (Å²) < 4.78 is 0. The largest absolute Gasteiger partial charge is 0.351 e. The first kappa shape index (κ1) is 15.9. The lowest BCUT2D eigenvalue weighted by atomic mass is 10.2. The zero-order valence-electron chi connectivity index (χ0n) is 12.4. The summed E-state index contributed by atoms with van der Waals surface area (Å²) in [4.78, 5) is 25.1. The Balaban J connectivity index is 1.80. The lowest BCUT2D eigenvalue weighted by molar-refractivity contribution is -0.119. The fraction of sp³-hybridized carbons (Fsp3) is 0.500. The first-order valence-corrected chi connectivity index (χ1v) is 8.60. The van der Waals surface area contributed by atoms with Crippen LogP contribution < -0.4 is 10.2 Å². The average molecular weight is 306 g/mol. The van der Waals surface area contributed by atoms with E-state index in [2.05, 4.69) is 12.2 Å². The number of carbonyl (C=O) groups excluding carboxylic acids is 2. The Hall–Kier alpha value is -1.49. The Labute approximate surface area is 130 Å². The number of rotatable bonds is 7. The van der Waals surface area contributed by atoms with E-state index >= 15 is 0 Å². The minimum atomic E-state index is 0.0762. The number of thioether (sulfide) groups is 1. The Morgan fingerprint density at radius 3 is 2.71 bits per heavy atom. The third kappa shape index (κ3) is 4.77. The third-order valence-electron chi connectivity index (χ3n) is 3.39. The number of anilines is 1. The van der Waals surface area contributed by atoms with E-state index in [1.807, 2.05) is 29.2 Å². The Kier molecular flexibility index (Phi) is 6.11. The second kappa shape index (κ2) is 8.08. The number of nitrogens with zero attached hydrogens (tertiary/aromatic N) is 1. The van der Waals surface area contributed by atoms with Crippen LogP contribution in [0.2, 0.25) is 0 Å². The number of nitrogens with one attached hydrogen (secondary N) is 1. The molecule has 1 aliphatic heterocycles. The summed E-state index contributed by atoms with van der Waals surface area (Å²) >= 11 is 1.66. The molecule has 1 aromatic carbocycles. The van der Waals surface area contributed by atoms with Gasteiger partial charge >= 0.3 is 0 Å². The van der Waals surface area contributed by atoms with Gasteiger partial charge in [-0.25, -0.2) is 0 Å². The molecule has 0 spiro atoms. The zero-order valence-corrected chi connectivity index (χ0v) is 13.2. The van der Waals surface area contributed by atoms with Crippen LogP contribution >= 0.6 is 11.8 Å². The standard InChI is InChI=1S/C16H22N2O2S/c1-2-10-21-12-15(19)17-11-13-5-7-14(8-6-13)18-9-3-4-16(18)20/h5-8H,2-4,9-12H2,1H3,(H,17,19). The molecule has 1 fully saturated rings. The molecule has 1 heterocycles. The molecule has 1 aromatic rings. The van der Waals surface area contributed by atoms with Gasteiger partial charge in [-0.05, 0) is 36.3 Å². The molecule has 21 heavy (non-hydrogen) atoms. The fourth-order valence-electron chi connectivity index (χ4n) is 2.28. The third-order valence-corrected chi connectivity index (χ3v) is 4.56. The lowest BCUT2D eigenvalue weighted by Crippen LogP contribution is -2.25. The van der Waals surface area contributed by atoms with E-state index < -0.39 is 0 Å². The molecule has 5 heteroatoms. The molecule has 2 rings (SSSR count). The van der Waals surface area contributed by atoms with Crippen LogP contribution in [0.15, 0.2) is 24.3 Å². The second-order valence-electron chi connectivity index (χ2n) is 5.14.